The normalized spacial score (nSPS) is 25.8. The number of ether oxygens (including phenoxy) is 3. The van der Waals surface area contributed by atoms with Gasteiger partial charge in [0.05, 0.1) is 25.5 Å². The Hall–Kier alpha value is -2.86. The summed E-state index contributed by atoms with van der Waals surface area (Å²) >= 11 is 1.33. The molecule has 12 heteroatoms. The van der Waals surface area contributed by atoms with Crippen molar-refractivity contribution in [3.63, 3.8) is 0 Å². The highest BCUT2D eigenvalue weighted by molar-refractivity contribution is 7.10. The first kappa shape index (κ1) is 20.4. The Balaban J connectivity index is 1.51. The summed E-state index contributed by atoms with van der Waals surface area (Å²) in [7, 11) is 0. The van der Waals surface area contributed by atoms with Gasteiger partial charge < -0.3 is 25.3 Å². The van der Waals surface area contributed by atoms with Crippen molar-refractivity contribution in [1.82, 2.24) is 9.97 Å². The molecule has 30 heavy (non-hydrogen) atoms. The van der Waals surface area contributed by atoms with Crippen LogP contribution >= 0.6 is 11.3 Å². The van der Waals surface area contributed by atoms with Crippen LogP contribution in [0, 0.1) is 5.92 Å². The van der Waals surface area contributed by atoms with Gasteiger partial charge in [-0.05, 0) is 25.5 Å². The van der Waals surface area contributed by atoms with Crippen molar-refractivity contribution in [2.75, 3.05) is 18.5 Å². The average Bonchev–Trinajstić information content (AvgIpc) is 3.17. The van der Waals surface area contributed by atoms with Gasteiger partial charge in [-0.1, -0.05) is 0 Å². The molecule has 0 spiro atoms. The molecule has 2 aromatic heterocycles. The first-order valence-electron chi connectivity index (χ1n) is 9.13. The zero-order valence-corrected chi connectivity index (χ0v) is 16.7. The Labute approximate surface area is 174 Å². The van der Waals surface area contributed by atoms with E-state index in [-0.39, 0.29) is 29.5 Å². The van der Waals surface area contributed by atoms with Crippen molar-refractivity contribution in [2.24, 2.45) is 16.6 Å². The van der Waals surface area contributed by atoms with E-state index in [1.165, 1.54) is 23.5 Å². The maximum absolute atomic E-state index is 12.4. The van der Waals surface area contributed by atoms with Crippen LogP contribution in [0.4, 0.5) is 14.6 Å². The van der Waals surface area contributed by atoms with Crippen LogP contribution in [0.15, 0.2) is 28.7 Å². The minimum absolute atomic E-state index is 0.0327. The van der Waals surface area contributed by atoms with Crippen molar-refractivity contribution in [3.8, 4) is 5.75 Å². The standard InChI is InChI=1S/C18H19F2N5O4S/c1-9-4-10-6-27-17(21)25-18(10,8-28-9)15-24-13(7-30-15)23-14(26)12-3-2-11(5-22-12)29-16(19)20/h2-3,5,7,9-10,16H,4,6,8H2,1H3,(H2,21,25)(H,23,26)/t9-,10-,18-/m0/s1. The van der Waals surface area contributed by atoms with E-state index in [2.05, 4.69) is 25.0 Å². The fourth-order valence-electron chi connectivity index (χ4n) is 3.48. The minimum atomic E-state index is -2.96. The third kappa shape index (κ3) is 4.05. The summed E-state index contributed by atoms with van der Waals surface area (Å²) in [5.74, 6) is -0.300. The fourth-order valence-corrected chi connectivity index (χ4v) is 4.44. The van der Waals surface area contributed by atoms with E-state index in [9.17, 15) is 13.6 Å². The second kappa shape index (κ2) is 8.11. The highest BCUT2D eigenvalue weighted by Gasteiger charge is 2.50. The number of nitrogens with zero attached hydrogens (tertiary/aromatic N) is 3. The molecule has 3 N–H and O–H groups in total. The van der Waals surface area contributed by atoms with Gasteiger partial charge in [0, 0.05) is 11.3 Å². The molecule has 9 nitrogen and oxygen atoms in total. The largest absolute Gasteiger partial charge is 0.465 e. The Morgan fingerprint density at radius 1 is 1.47 bits per heavy atom. The molecule has 0 aliphatic carbocycles. The highest BCUT2D eigenvalue weighted by atomic mass is 32.1. The van der Waals surface area contributed by atoms with Gasteiger partial charge in [0.1, 0.15) is 27.8 Å². The van der Waals surface area contributed by atoms with E-state index in [1.54, 1.807) is 5.38 Å². The summed E-state index contributed by atoms with van der Waals surface area (Å²) in [6.07, 6.45) is 1.87. The Kier molecular flexibility index (Phi) is 5.52. The number of thiazole rings is 1. The number of hydrogen-bond acceptors (Lipinski definition) is 9. The lowest BCUT2D eigenvalue weighted by Gasteiger charge is -2.43. The van der Waals surface area contributed by atoms with Crippen LogP contribution in [0.3, 0.4) is 0 Å². The lowest BCUT2D eigenvalue weighted by molar-refractivity contribution is -0.0734. The van der Waals surface area contributed by atoms with Crippen LogP contribution in [-0.2, 0) is 15.0 Å². The van der Waals surface area contributed by atoms with Gasteiger partial charge >= 0.3 is 6.61 Å². The van der Waals surface area contributed by atoms with E-state index in [0.717, 1.165) is 12.6 Å². The summed E-state index contributed by atoms with van der Waals surface area (Å²) in [5, 5.41) is 5.00. The Morgan fingerprint density at radius 3 is 3.03 bits per heavy atom. The molecule has 0 saturated carbocycles. The van der Waals surface area contributed by atoms with Gasteiger partial charge in [-0.3, -0.25) is 4.79 Å². The fraction of sp³-hybridized carbons (Fsp3) is 0.444. The van der Waals surface area contributed by atoms with Crippen LogP contribution in [0.1, 0.15) is 28.8 Å². The number of hydrogen-bond donors (Lipinski definition) is 2. The van der Waals surface area contributed by atoms with Gasteiger partial charge in [-0.2, -0.15) is 8.78 Å². The lowest BCUT2D eigenvalue weighted by atomic mass is 9.79. The number of alkyl halides is 2. The summed E-state index contributed by atoms with van der Waals surface area (Å²) in [5.41, 5.74) is 5.10. The number of carbonyl (C=O) groups excluding carboxylic acids is 1. The molecular weight excluding hydrogens is 420 g/mol. The van der Waals surface area contributed by atoms with Gasteiger partial charge in [-0.25, -0.2) is 15.0 Å². The van der Waals surface area contributed by atoms with Crippen LogP contribution in [0.25, 0.3) is 0 Å². The lowest BCUT2D eigenvalue weighted by Crippen LogP contribution is -2.51. The van der Waals surface area contributed by atoms with Crippen LogP contribution in [0.5, 0.6) is 5.75 Å². The van der Waals surface area contributed by atoms with Crippen LogP contribution in [0.2, 0.25) is 0 Å². The van der Waals surface area contributed by atoms with E-state index >= 15 is 0 Å². The second-order valence-corrected chi connectivity index (χ2v) is 7.85. The van der Waals surface area contributed by atoms with Crippen LogP contribution in [-0.4, -0.2) is 47.8 Å². The van der Waals surface area contributed by atoms with Gasteiger partial charge in [0.25, 0.3) is 11.9 Å². The number of amidine groups is 1. The Bertz CT molecular complexity index is 954. The van der Waals surface area contributed by atoms with Crippen molar-refractivity contribution in [3.05, 3.63) is 34.4 Å². The molecule has 1 saturated heterocycles. The number of nitrogens with one attached hydrogen (secondary N) is 1. The van der Waals surface area contributed by atoms with Crippen molar-refractivity contribution in [2.45, 2.75) is 31.6 Å². The molecule has 0 radical (unpaired) electrons. The number of rotatable bonds is 5. The molecule has 1 amide bonds. The number of aromatic nitrogens is 2. The van der Waals surface area contributed by atoms with Crippen molar-refractivity contribution < 1.29 is 27.8 Å². The molecule has 2 aromatic rings. The second-order valence-electron chi connectivity index (χ2n) is 6.99. The van der Waals surface area contributed by atoms with Crippen molar-refractivity contribution >= 4 is 29.1 Å². The number of aliphatic imine (C=N–C) groups is 1. The molecular formula is C18H19F2N5O4S. The number of amides is 1. The molecule has 2 aliphatic heterocycles. The maximum Gasteiger partial charge on any atom is 0.387 e. The molecule has 0 bridgehead atoms. The van der Waals surface area contributed by atoms with E-state index in [1.807, 2.05) is 6.92 Å². The molecule has 3 atom stereocenters. The third-order valence-electron chi connectivity index (χ3n) is 4.93. The highest BCUT2D eigenvalue weighted by Crippen LogP contribution is 2.44. The molecule has 0 unspecified atom stereocenters. The predicted molar refractivity (Wildman–Crippen MR) is 104 cm³/mol. The first-order valence-corrected chi connectivity index (χ1v) is 10.0. The third-order valence-corrected chi connectivity index (χ3v) is 5.94. The number of nitrogens with two attached hydrogens (primary N) is 1. The van der Waals surface area contributed by atoms with E-state index in [4.69, 9.17) is 15.2 Å². The van der Waals surface area contributed by atoms with Crippen molar-refractivity contribution in [1.29, 1.82) is 0 Å². The number of fused-ring (bicyclic) bond motifs is 1. The molecule has 4 heterocycles. The zero-order chi connectivity index (χ0) is 21.3. The summed E-state index contributed by atoms with van der Waals surface area (Å²) in [4.78, 5) is 25.3. The zero-order valence-electron chi connectivity index (χ0n) is 15.9. The topological polar surface area (TPSA) is 121 Å². The summed E-state index contributed by atoms with van der Waals surface area (Å²) in [6, 6.07) is 2.61. The molecule has 4 rings (SSSR count). The van der Waals surface area contributed by atoms with Gasteiger partial charge in [-0.15, -0.1) is 11.3 Å². The maximum atomic E-state index is 12.4. The quantitative estimate of drug-likeness (QED) is 0.734. The average molecular weight is 439 g/mol. The van der Waals surface area contributed by atoms with E-state index in [0.29, 0.717) is 24.0 Å². The van der Waals surface area contributed by atoms with Gasteiger partial charge in [0.15, 0.2) is 0 Å². The minimum Gasteiger partial charge on any atom is -0.465 e. The number of pyridine rings is 1. The predicted octanol–water partition coefficient (Wildman–Crippen LogP) is 2.36. The monoisotopic (exact) mass is 439 g/mol. The number of anilines is 1. The van der Waals surface area contributed by atoms with E-state index < -0.39 is 18.1 Å². The smallest absolute Gasteiger partial charge is 0.387 e. The molecule has 0 aromatic carbocycles. The van der Waals surface area contributed by atoms with Crippen LogP contribution < -0.4 is 15.8 Å². The summed E-state index contributed by atoms with van der Waals surface area (Å²) in [6.45, 7) is -0.237. The number of halogens is 2. The molecule has 2 aliphatic rings. The SMILES string of the molecule is C[C@H]1C[C@H]2COC(N)=N[C@@]2(c2nc(NC(=O)c3ccc(OC(F)F)cn3)cs2)CO1. The molecule has 160 valence electrons. The number of carbonyl (C=O) groups is 1. The first-order chi connectivity index (χ1) is 14.4. The van der Waals surface area contributed by atoms with Gasteiger partial charge in [0.2, 0.25) is 0 Å². The molecule has 1 fully saturated rings. The summed E-state index contributed by atoms with van der Waals surface area (Å²) < 4.78 is 39.9. The Morgan fingerprint density at radius 2 is 2.30 bits per heavy atom.